The van der Waals surface area contributed by atoms with Crippen LogP contribution in [0.1, 0.15) is 22.7 Å². The van der Waals surface area contributed by atoms with E-state index in [0.717, 1.165) is 5.56 Å². The van der Waals surface area contributed by atoms with Crippen LogP contribution in [-0.2, 0) is 9.53 Å². The second kappa shape index (κ2) is 6.84. The second-order valence-corrected chi connectivity index (χ2v) is 5.70. The van der Waals surface area contributed by atoms with Gasteiger partial charge < -0.3 is 19.8 Å². The van der Waals surface area contributed by atoms with Crippen LogP contribution in [0.4, 0.5) is 0 Å². The van der Waals surface area contributed by atoms with Crippen molar-refractivity contribution in [3.05, 3.63) is 41.8 Å². The Balaban J connectivity index is 1.86. The van der Waals surface area contributed by atoms with Crippen molar-refractivity contribution in [1.82, 2.24) is 9.88 Å². The molecule has 0 saturated carbocycles. The number of morpholine rings is 1. The fraction of sp³-hybridized carbons (Fsp3) is 0.353. The number of oxazole rings is 1. The SMILES string of the molecule is Cc1nc(-c2ccccc2)oc1C(=O)N1CCOC[C@H]1CC(N)=O. The summed E-state index contributed by atoms with van der Waals surface area (Å²) < 4.78 is 11.1. The van der Waals surface area contributed by atoms with Crippen LogP contribution >= 0.6 is 0 Å². The molecule has 1 aliphatic rings. The first-order valence-corrected chi connectivity index (χ1v) is 7.76. The molecule has 1 saturated heterocycles. The van der Waals surface area contributed by atoms with Crippen LogP contribution in [0, 0.1) is 6.92 Å². The van der Waals surface area contributed by atoms with Crippen LogP contribution < -0.4 is 5.73 Å². The van der Waals surface area contributed by atoms with Gasteiger partial charge in [0.25, 0.3) is 5.91 Å². The Kier molecular flexibility index (Phi) is 4.61. The van der Waals surface area contributed by atoms with Gasteiger partial charge in [0, 0.05) is 18.5 Å². The summed E-state index contributed by atoms with van der Waals surface area (Å²) in [6, 6.07) is 9.00. The highest BCUT2D eigenvalue weighted by molar-refractivity contribution is 5.93. The fourth-order valence-corrected chi connectivity index (χ4v) is 2.75. The third kappa shape index (κ3) is 3.30. The number of primary amides is 1. The number of carbonyl (C=O) groups excluding carboxylic acids is 2. The number of carbonyl (C=O) groups is 2. The summed E-state index contributed by atoms with van der Waals surface area (Å²) in [6.07, 6.45) is 0.0600. The predicted molar refractivity (Wildman–Crippen MR) is 86.1 cm³/mol. The molecule has 24 heavy (non-hydrogen) atoms. The Bertz CT molecular complexity index is 742. The quantitative estimate of drug-likeness (QED) is 0.913. The molecular formula is C17H19N3O4. The van der Waals surface area contributed by atoms with Crippen molar-refractivity contribution in [2.24, 2.45) is 5.73 Å². The molecule has 1 fully saturated rings. The molecule has 2 N–H and O–H groups in total. The standard InChI is InChI=1S/C17H19N3O4/c1-11-15(24-16(19-11)12-5-3-2-4-6-12)17(22)20-7-8-23-10-13(20)9-14(18)21/h2-6,13H,7-10H2,1H3,(H2,18,21)/t13-/m1/s1. The van der Waals surface area contributed by atoms with Gasteiger partial charge in [-0.2, -0.15) is 0 Å². The average Bonchev–Trinajstić information content (AvgIpc) is 2.97. The van der Waals surface area contributed by atoms with Crippen molar-refractivity contribution in [3.8, 4) is 11.5 Å². The Morgan fingerprint density at radius 2 is 2.08 bits per heavy atom. The lowest BCUT2D eigenvalue weighted by molar-refractivity contribution is -0.120. The van der Waals surface area contributed by atoms with Crippen LogP contribution in [0.5, 0.6) is 0 Å². The minimum absolute atomic E-state index is 0.0600. The molecule has 0 aliphatic carbocycles. The monoisotopic (exact) mass is 329 g/mol. The van der Waals surface area contributed by atoms with Crippen molar-refractivity contribution in [1.29, 1.82) is 0 Å². The Morgan fingerprint density at radius 3 is 2.79 bits per heavy atom. The molecule has 126 valence electrons. The number of aromatic nitrogens is 1. The molecule has 0 bridgehead atoms. The minimum atomic E-state index is -0.470. The lowest BCUT2D eigenvalue weighted by Crippen LogP contribution is -2.50. The highest BCUT2D eigenvalue weighted by Gasteiger charge is 2.32. The number of nitrogens with two attached hydrogens (primary N) is 1. The van der Waals surface area contributed by atoms with E-state index in [-0.39, 0.29) is 30.7 Å². The molecule has 2 amide bonds. The highest BCUT2D eigenvalue weighted by atomic mass is 16.5. The summed E-state index contributed by atoms with van der Waals surface area (Å²) >= 11 is 0. The lowest BCUT2D eigenvalue weighted by Gasteiger charge is -2.34. The first-order valence-electron chi connectivity index (χ1n) is 7.76. The molecule has 0 unspecified atom stereocenters. The van der Waals surface area contributed by atoms with Gasteiger partial charge in [0.15, 0.2) is 0 Å². The van der Waals surface area contributed by atoms with Crippen LogP contribution in [-0.4, -0.2) is 47.5 Å². The summed E-state index contributed by atoms with van der Waals surface area (Å²) in [7, 11) is 0. The molecule has 2 heterocycles. The fourth-order valence-electron chi connectivity index (χ4n) is 2.75. The molecule has 7 heteroatoms. The molecule has 3 rings (SSSR count). The topological polar surface area (TPSA) is 98.7 Å². The maximum atomic E-state index is 12.8. The molecule has 1 aromatic heterocycles. The summed E-state index contributed by atoms with van der Waals surface area (Å²) in [4.78, 5) is 30.0. The molecule has 1 aliphatic heterocycles. The summed E-state index contributed by atoms with van der Waals surface area (Å²) in [5.74, 6) is -0.180. The van der Waals surface area contributed by atoms with Crippen LogP contribution in [0.2, 0.25) is 0 Å². The van der Waals surface area contributed by atoms with Gasteiger partial charge in [-0.1, -0.05) is 18.2 Å². The zero-order valence-electron chi connectivity index (χ0n) is 13.4. The first-order chi connectivity index (χ1) is 11.6. The number of hydrogen-bond donors (Lipinski definition) is 1. The van der Waals surface area contributed by atoms with E-state index in [2.05, 4.69) is 4.98 Å². The molecular weight excluding hydrogens is 310 g/mol. The van der Waals surface area contributed by atoms with Gasteiger partial charge in [-0.15, -0.1) is 0 Å². The van der Waals surface area contributed by atoms with Crippen molar-refractivity contribution in [3.63, 3.8) is 0 Å². The smallest absolute Gasteiger partial charge is 0.292 e. The zero-order valence-corrected chi connectivity index (χ0v) is 13.4. The van der Waals surface area contributed by atoms with Gasteiger partial charge in [-0.3, -0.25) is 9.59 Å². The number of aryl methyl sites for hydroxylation is 1. The molecule has 2 aromatic rings. The van der Waals surface area contributed by atoms with E-state index < -0.39 is 5.91 Å². The number of rotatable bonds is 4. The van der Waals surface area contributed by atoms with Gasteiger partial charge in [-0.05, 0) is 19.1 Å². The molecule has 1 aromatic carbocycles. The van der Waals surface area contributed by atoms with Crippen LogP contribution in [0.25, 0.3) is 11.5 Å². The van der Waals surface area contributed by atoms with E-state index in [1.165, 1.54) is 0 Å². The van der Waals surface area contributed by atoms with Crippen LogP contribution in [0.15, 0.2) is 34.7 Å². The highest BCUT2D eigenvalue weighted by Crippen LogP contribution is 2.24. The number of benzene rings is 1. The van der Waals surface area contributed by atoms with Crippen molar-refractivity contribution >= 4 is 11.8 Å². The second-order valence-electron chi connectivity index (χ2n) is 5.70. The summed E-state index contributed by atoms with van der Waals surface area (Å²) in [5, 5.41) is 0. The Hall–Kier alpha value is -2.67. The Morgan fingerprint density at radius 1 is 1.33 bits per heavy atom. The van der Waals surface area contributed by atoms with Gasteiger partial charge in [0.05, 0.1) is 24.9 Å². The van der Waals surface area contributed by atoms with E-state index in [9.17, 15) is 9.59 Å². The van der Waals surface area contributed by atoms with E-state index in [1.807, 2.05) is 30.3 Å². The molecule has 1 atom stereocenters. The lowest BCUT2D eigenvalue weighted by atomic mass is 10.1. The van der Waals surface area contributed by atoms with E-state index in [0.29, 0.717) is 24.7 Å². The van der Waals surface area contributed by atoms with Gasteiger partial charge in [-0.25, -0.2) is 4.98 Å². The molecule has 0 spiro atoms. The van der Waals surface area contributed by atoms with Crippen molar-refractivity contribution in [2.75, 3.05) is 19.8 Å². The van der Waals surface area contributed by atoms with Crippen LogP contribution in [0.3, 0.4) is 0 Å². The summed E-state index contributed by atoms with van der Waals surface area (Å²) in [5.41, 5.74) is 6.58. The number of hydrogen-bond acceptors (Lipinski definition) is 5. The molecule has 7 nitrogen and oxygen atoms in total. The van der Waals surface area contributed by atoms with Gasteiger partial charge in [0.1, 0.15) is 0 Å². The van der Waals surface area contributed by atoms with E-state index in [4.69, 9.17) is 14.9 Å². The number of amides is 2. The van der Waals surface area contributed by atoms with Crippen molar-refractivity contribution < 1.29 is 18.7 Å². The van der Waals surface area contributed by atoms with Gasteiger partial charge in [0.2, 0.25) is 17.6 Å². The maximum Gasteiger partial charge on any atom is 0.292 e. The minimum Gasteiger partial charge on any atom is -0.431 e. The van der Waals surface area contributed by atoms with Crippen molar-refractivity contribution in [2.45, 2.75) is 19.4 Å². The molecule has 0 radical (unpaired) electrons. The summed E-state index contributed by atoms with van der Waals surface area (Å²) in [6.45, 7) is 2.82. The number of nitrogens with zero attached hydrogens (tertiary/aromatic N) is 2. The van der Waals surface area contributed by atoms with E-state index in [1.54, 1.807) is 11.8 Å². The largest absolute Gasteiger partial charge is 0.431 e. The maximum absolute atomic E-state index is 12.8. The third-order valence-corrected chi connectivity index (χ3v) is 3.94. The van der Waals surface area contributed by atoms with Gasteiger partial charge >= 0.3 is 0 Å². The predicted octanol–water partition coefficient (Wildman–Crippen LogP) is 1.37. The third-order valence-electron chi connectivity index (χ3n) is 3.94. The number of ether oxygens (including phenoxy) is 1. The zero-order chi connectivity index (χ0) is 17.1. The van der Waals surface area contributed by atoms with E-state index >= 15 is 0 Å². The normalized spacial score (nSPS) is 17.7. The average molecular weight is 329 g/mol. The first kappa shape index (κ1) is 16.2. The Labute approximate surface area is 139 Å².